The molecular formula is C15H13NO3S. The van der Waals surface area contributed by atoms with E-state index in [1.807, 2.05) is 0 Å². The first kappa shape index (κ1) is 14.1. The highest BCUT2D eigenvalue weighted by atomic mass is 32.1. The molecule has 0 aliphatic rings. The minimum absolute atomic E-state index is 0.226. The molecule has 0 saturated heterocycles. The highest BCUT2D eigenvalue weighted by molar-refractivity contribution is 7.12. The number of carbonyl (C=O) groups excluding carboxylic acids is 1. The van der Waals surface area contributed by atoms with Crippen molar-refractivity contribution in [1.29, 1.82) is 0 Å². The van der Waals surface area contributed by atoms with Crippen LogP contribution in [0.5, 0.6) is 5.75 Å². The van der Waals surface area contributed by atoms with Crippen LogP contribution in [0, 0.1) is 11.8 Å². The van der Waals surface area contributed by atoms with E-state index in [9.17, 15) is 4.79 Å². The minimum atomic E-state index is -0.229. The number of hydrogen-bond acceptors (Lipinski definition) is 4. The molecule has 102 valence electrons. The Hall–Kier alpha value is -2.29. The number of aliphatic hydroxyl groups is 1. The number of carbonyl (C=O) groups is 1. The molecule has 4 nitrogen and oxygen atoms in total. The molecule has 20 heavy (non-hydrogen) atoms. The summed E-state index contributed by atoms with van der Waals surface area (Å²) in [5.41, 5.74) is 1.27. The number of methoxy groups -OCH3 is 1. The van der Waals surface area contributed by atoms with Gasteiger partial charge in [-0.15, -0.1) is 11.3 Å². The Morgan fingerprint density at radius 2 is 2.30 bits per heavy atom. The minimum Gasteiger partial charge on any atom is -0.497 e. The Bertz CT molecular complexity index is 667. The van der Waals surface area contributed by atoms with Crippen LogP contribution in [-0.2, 0) is 0 Å². The van der Waals surface area contributed by atoms with Crippen LogP contribution < -0.4 is 10.1 Å². The molecule has 0 atom stereocenters. The number of anilines is 1. The number of rotatable bonds is 3. The molecule has 0 aliphatic carbocycles. The summed E-state index contributed by atoms with van der Waals surface area (Å²) < 4.78 is 5.11. The Balaban J connectivity index is 2.18. The summed E-state index contributed by atoms with van der Waals surface area (Å²) in [4.78, 5) is 12.7. The predicted octanol–water partition coefficient (Wildman–Crippen LogP) is 2.35. The lowest BCUT2D eigenvalue weighted by molar-refractivity contribution is 0.103. The second kappa shape index (κ2) is 6.75. The number of thiophene rings is 1. The fourth-order valence-electron chi connectivity index (χ4n) is 1.61. The zero-order chi connectivity index (χ0) is 14.4. The van der Waals surface area contributed by atoms with Gasteiger partial charge in [-0.05, 0) is 23.6 Å². The standard InChI is InChI=1S/C15H13NO3S/c1-19-13-6-2-5-12(10-13)16-15(18)14-11(4-3-8-17)7-9-20-14/h2,5-7,9-10,17H,8H2,1H3,(H,16,18). The predicted molar refractivity (Wildman–Crippen MR) is 79.2 cm³/mol. The molecule has 0 fully saturated rings. The summed E-state index contributed by atoms with van der Waals surface area (Å²) in [7, 11) is 1.57. The van der Waals surface area contributed by atoms with E-state index in [-0.39, 0.29) is 12.5 Å². The average molecular weight is 287 g/mol. The van der Waals surface area contributed by atoms with Crippen LogP contribution >= 0.6 is 11.3 Å². The van der Waals surface area contributed by atoms with E-state index in [0.717, 1.165) is 0 Å². The molecule has 2 rings (SSSR count). The molecule has 1 aromatic heterocycles. The molecule has 2 N–H and O–H groups in total. The summed E-state index contributed by atoms with van der Waals surface area (Å²) in [5.74, 6) is 5.75. The van der Waals surface area contributed by atoms with Gasteiger partial charge in [0.25, 0.3) is 5.91 Å². The van der Waals surface area contributed by atoms with Crippen LogP contribution in [0.1, 0.15) is 15.2 Å². The molecule has 0 aliphatic heterocycles. The largest absolute Gasteiger partial charge is 0.497 e. The third-order valence-electron chi connectivity index (χ3n) is 2.50. The van der Waals surface area contributed by atoms with Gasteiger partial charge in [-0.25, -0.2) is 0 Å². The van der Waals surface area contributed by atoms with Crippen molar-refractivity contribution in [3.05, 3.63) is 46.2 Å². The monoisotopic (exact) mass is 287 g/mol. The zero-order valence-electron chi connectivity index (χ0n) is 10.8. The number of ether oxygens (including phenoxy) is 1. The van der Waals surface area contributed by atoms with E-state index in [2.05, 4.69) is 17.2 Å². The van der Waals surface area contributed by atoms with Crippen LogP contribution in [0.4, 0.5) is 5.69 Å². The molecule has 0 saturated carbocycles. The third kappa shape index (κ3) is 3.38. The second-order valence-corrected chi connectivity index (χ2v) is 4.73. The van der Waals surface area contributed by atoms with Gasteiger partial charge in [0.15, 0.2) is 0 Å². The molecule has 1 aromatic carbocycles. The van der Waals surface area contributed by atoms with Crippen molar-refractivity contribution < 1.29 is 14.6 Å². The SMILES string of the molecule is COc1cccc(NC(=O)c2sccc2C#CCO)c1. The second-order valence-electron chi connectivity index (χ2n) is 3.81. The molecule has 0 radical (unpaired) electrons. The van der Waals surface area contributed by atoms with Gasteiger partial charge < -0.3 is 15.2 Å². The van der Waals surface area contributed by atoms with Crippen molar-refractivity contribution in [1.82, 2.24) is 0 Å². The maximum atomic E-state index is 12.2. The number of benzene rings is 1. The molecule has 1 heterocycles. The van der Waals surface area contributed by atoms with Crippen LogP contribution in [0.2, 0.25) is 0 Å². The Labute approximate surface area is 121 Å². The number of amides is 1. The Kier molecular flexibility index (Phi) is 4.77. The lowest BCUT2D eigenvalue weighted by Gasteiger charge is -2.06. The first-order chi connectivity index (χ1) is 9.74. The zero-order valence-corrected chi connectivity index (χ0v) is 11.7. The van der Waals surface area contributed by atoms with Gasteiger partial charge >= 0.3 is 0 Å². The van der Waals surface area contributed by atoms with Crippen molar-refractivity contribution in [2.45, 2.75) is 0 Å². The van der Waals surface area contributed by atoms with E-state index in [1.54, 1.807) is 42.8 Å². The molecule has 0 spiro atoms. The molecule has 0 unspecified atom stereocenters. The van der Waals surface area contributed by atoms with Crippen molar-refractivity contribution in [2.24, 2.45) is 0 Å². The van der Waals surface area contributed by atoms with Crippen LogP contribution in [-0.4, -0.2) is 24.7 Å². The summed E-state index contributed by atoms with van der Waals surface area (Å²) in [5, 5.41) is 13.3. The van der Waals surface area contributed by atoms with Crippen LogP contribution in [0.15, 0.2) is 35.7 Å². The molecule has 1 amide bonds. The molecule has 2 aromatic rings. The number of hydrogen-bond donors (Lipinski definition) is 2. The molecule has 5 heteroatoms. The van der Waals surface area contributed by atoms with Crippen molar-refractivity contribution in [3.63, 3.8) is 0 Å². The van der Waals surface area contributed by atoms with Gasteiger partial charge in [-0.3, -0.25) is 4.79 Å². The maximum Gasteiger partial charge on any atom is 0.267 e. The topological polar surface area (TPSA) is 58.6 Å². The van der Waals surface area contributed by atoms with E-state index in [1.165, 1.54) is 11.3 Å². The number of nitrogens with one attached hydrogen (secondary N) is 1. The van der Waals surface area contributed by atoms with Gasteiger partial charge in [0.2, 0.25) is 0 Å². The summed E-state index contributed by atoms with van der Waals surface area (Å²) >= 11 is 1.31. The smallest absolute Gasteiger partial charge is 0.267 e. The quantitative estimate of drug-likeness (QED) is 0.852. The fourth-order valence-corrected chi connectivity index (χ4v) is 2.35. The van der Waals surface area contributed by atoms with Gasteiger partial charge in [0.1, 0.15) is 17.2 Å². The first-order valence-electron chi connectivity index (χ1n) is 5.87. The lowest BCUT2D eigenvalue weighted by atomic mass is 10.2. The van der Waals surface area contributed by atoms with Gasteiger partial charge in [0.05, 0.1) is 7.11 Å². The van der Waals surface area contributed by atoms with Gasteiger partial charge in [0, 0.05) is 17.3 Å². The summed E-state index contributed by atoms with van der Waals surface area (Å²) in [6, 6.07) is 8.89. The normalized spacial score (nSPS) is 9.50. The highest BCUT2D eigenvalue weighted by Gasteiger charge is 2.12. The van der Waals surface area contributed by atoms with Crippen LogP contribution in [0.25, 0.3) is 0 Å². The summed E-state index contributed by atoms with van der Waals surface area (Å²) in [6.07, 6.45) is 0. The van der Waals surface area contributed by atoms with E-state index in [4.69, 9.17) is 9.84 Å². The summed E-state index contributed by atoms with van der Waals surface area (Å²) in [6.45, 7) is -0.229. The Morgan fingerprint density at radius 1 is 1.45 bits per heavy atom. The lowest BCUT2D eigenvalue weighted by Crippen LogP contribution is -2.11. The van der Waals surface area contributed by atoms with Gasteiger partial charge in [-0.1, -0.05) is 17.9 Å². The van der Waals surface area contributed by atoms with Crippen molar-refractivity contribution >= 4 is 22.9 Å². The van der Waals surface area contributed by atoms with Crippen molar-refractivity contribution in [3.8, 4) is 17.6 Å². The fraction of sp³-hybridized carbons (Fsp3) is 0.133. The van der Waals surface area contributed by atoms with E-state index < -0.39 is 0 Å². The highest BCUT2D eigenvalue weighted by Crippen LogP contribution is 2.20. The molecule has 0 bridgehead atoms. The Morgan fingerprint density at radius 3 is 3.05 bits per heavy atom. The average Bonchev–Trinajstić information content (AvgIpc) is 2.93. The maximum absolute atomic E-state index is 12.2. The van der Waals surface area contributed by atoms with Crippen molar-refractivity contribution in [2.75, 3.05) is 19.0 Å². The van der Waals surface area contributed by atoms with E-state index >= 15 is 0 Å². The third-order valence-corrected chi connectivity index (χ3v) is 3.41. The number of aliphatic hydroxyl groups excluding tert-OH is 1. The van der Waals surface area contributed by atoms with Crippen LogP contribution in [0.3, 0.4) is 0 Å². The van der Waals surface area contributed by atoms with Gasteiger partial charge in [-0.2, -0.15) is 0 Å². The van der Waals surface area contributed by atoms with E-state index in [0.29, 0.717) is 21.9 Å². The first-order valence-corrected chi connectivity index (χ1v) is 6.75. The molecular weight excluding hydrogens is 274 g/mol.